The monoisotopic (exact) mass is 550 g/mol. The van der Waals surface area contributed by atoms with Crippen molar-refractivity contribution in [2.45, 2.75) is 35.1 Å². The Balaban J connectivity index is 1.33. The van der Waals surface area contributed by atoms with E-state index in [2.05, 4.69) is 30.6 Å². The highest BCUT2D eigenvalue weighted by molar-refractivity contribution is 7.99. The molecule has 0 aliphatic rings. The normalized spacial score (nSPS) is 13.5. The smallest absolute Gasteiger partial charge is 0.411 e. The highest BCUT2D eigenvalue weighted by Crippen LogP contribution is 2.33. The lowest BCUT2D eigenvalue weighted by Crippen LogP contribution is -2.37. The summed E-state index contributed by atoms with van der Waals surface area (Å²) in [5, 5.41) is 31.3. The van der Waals surface area contributed by atoms with Crippen LogP contribution in [-0.4, -0.2) is 45.1 Å². The lowest BCUT2D eigenvalue weighted by molar-refractivity contribution is -0.137. The lowest BCUT2D eigenvalue weighted by atomic mass is 9.93. The number of hydrogen-bond acceptors (Lipinski definition) is 9. The highest BCUT2D eigenvalue weighted by atomic mass is 32.2. The lowest BCUT2D eigenvalue weighted by Gasteiger charge is -2.28. The molecule has 10 nitrogen and oxygen atoms in total. The van der Waals surface area contributed by atoms with Gasteiger partial charge in [0.05, 0.1) is 24.8 Å². The summed E-state index contributed by atoms with van der Waals surface area (Å²) in [5.41, 5.74) is -2.62. The third-order valence-electron chi connectivity index (χ3n) is 5.32. The topological polar surface area (TPSA) is 121 Å². The van der Waals surface area contributed by atoms with Crippen LogP contribution in [0.5, 0.6) is 0 Å². The van der Waals surface area contributed by atoms with Crippen molar-refractivity contribution in [1.29, 1.82) is 0 Å². The number of halogens is 5. The molecule has 0 bridgehead atoms. The first kappa shape index (κ1) is 25.5. The zero-order chi connectivity index (χ0) is 26.9. The molecule has 0 saturated carbocycles. The number of benzene rings is 2. The number of aromatic nitrogens is 8. The van der Waals surface area contributed by atoms with Gasteiger partial charge in [-0.2, -0.15) is 18.3 Å². The molecule has 16 heteroatoms. The molecular weight excluding hydrogens is 535 g/mol. The molecule has 1 unspecified atom stereocenters. The van der Waals surface area contributed by atoms with Gasteiger partial charge in [0.15, 0.2) is 0 Å². The molecular formula is C22H15F5N8O2S. The van der Waals surface area contributed by atoms with Crippen molar-refractivity contribution in [3.8, 4) is 11.5 Å². The van der Waals surface area contributed by atoms with Crippen LogP contribution in [0.3, 0.4) is 0 Å². The first-order chi connectivity index (χ1) is 18.1. The standard InChI is InChI=1S/C22H15F5N8O2S/c23-15-5-6-16(17(24)7-15)21(36,10-35-12-28-11-29-35)9-34-8-18(30-33-34)38-20-32-31-19(37-20)13-1-3-14(4-2-13)22(25,26)27/h1-8,11-12,36H,9-10H2. The highest BCUT2D eigenvalue weighted by Gasteiger charge is 2.35. The van der Waals surface area contributed by atoms with Gasteiger partial charge in [-0.15, -0.1) is 15.3 Å². The summed E-state index contributed by atoms with van der Waals surface area (Å²) >= 11 is 0.916. The number of aliphatic hydroxyl groups is 1. The summed E-state index contributed by atoms with van der Waals surface area (Å²) in [4.78, 5) is 3.81. The third kappa shape index (κ3) is 5.55. The molecule has 1 N–H and O–H groups in total. The maximum Gasteiger partial charge on any atom is 0.416 e. The van der Waals surface area contributed by atoms with Crippen molar-refractivity contribution in [3.05, 3.63) is 84.1 Å². The van der Waals surface area contributed by atoms with E-state index in [1.54, 1.807) is 0 Å². The summed E-state index contributed by atoms with van der Waals surface area (Å²) < 4.78 is 74.5. The van der Waals surface area contributed by atoms with Crippen molar-refractivity contribution in [3.63, 3.8) is 0 Å². The molecule has 0 spiro atoms. The van der Waals surface area contributed by atoms with E-state index in [1.807, 2.05) is 0 Å². The summed E-state index contributed by atoms with van der Waals surface area (Å²) in [6.45, 7) is -0.512. The van der Waals surface area contributed by atoms with Gasteiger partial charge in [-0.25, -0.2) is 23.1 Å². The molecule has 38 heavy (non-hydrogen) atoms. The van der Waals surface area contributed by atoms with Gasteiger partial charge >= 0.3 is 6.18 Å². The minimum absolute atomic E-state index is 0.00242. The van der Waals surface area contributed by atoms with Crippen molar-refractivity contribution in [1.82, 2.24) is 40.0 Å². The Morgan fingerprint density at radius 3 is 2.39 bits per heavy atom. The third-order valence-corrected chi connectivity index (χ3v) is 6.06. The summed E-state index contributed by atoms with van der Waals surface area (Å²) in [6.07, 6.45) is -0.460. The molecule has 196 valence electrons. The molecule has 0 fully saturated rings. The van der Waals surface area contributed by atoms with Crippen LogP contribution in [0.1, 0.15) is 11.1 Å². The maximum atomic E-state index is 14.6. The van der Waals surface area contributed by atoms with Crippen LogP contribution >= 0.6 is 11.8 Å². The Morgan fingerprint density at radius 2 is 1.71 bits per heavy atom. The summed E-state index contributed by atoms with van der Waals surface area (Å²) in [7, 11) is 0. The molecule has 2 aromatic carbocycles. The predicted octanol–water partition coefficient (Wildman–Crippen LogP) is 3.96. The minimum atomic E-state index is -4.47. The average molecular weight is 550 g/mol. The Morgan fingerprint density at radius 1 is 0.947 bits per heavy atom. The minimum Gasteiger partial charge on any atom is -0.411 e. The molecule has 1 atom stereocenters. The SMILES string of the molecule is OC(Cn1cncn1)(Cn1cc(Sc2nnc(-c3ccc(C(F)(F)F)cc3)o2)nn1)c1ccc(F)cc1F. The fourth-order valence-electron chi connectivity index (χ4n) is 3.60. The van der Waals surface area contributed by atoms with Crippen molar-refractivity contribution in [2.24, 2.45) is 0 Å². The van der Waals surface area contributed by atoms with Crippen LogP contribution in [0.15, 0.2) is 76.0 Å². The van der Waals surface area contributed by atoms with E-state index in [9.17, 15) is 27.1 Å². The quantitative estimate of drug-likeness (QED) is 0.286. The second-order valence-electron chi connectivity index (χ2n) is 8.05. The second kappa shape index (κ2) is 9.94. The molecule has 5 rings (SSSR count). The molecule has 0 radical (unpaired) electrons. The van der Waals surface area contributed by atoms with Crippen molar-refractivity contribution < 1.29 is 31.5 Å². The summed E-state index contributed by atoms with van der Waals surface area (Å²) in [5.74, 6) is -1.75. The van der Waals surface area contributed by atoms with Crippen LogP contribution in [0.2, 0.25) is 0 Å². The van der Waals surface area contributed by atoms with E-state index in [0.29, 0.717) is 11.6 Å². The molecule has 0 aliphatic heterocycles. The largest absolute Gasteiger partial charge is 0.416 e. The van der Waals surface area contributed by atoms with E-state index >= 15 is 0 Å². The number of rotatable bonds is 8. The van der Waals surface area contributed by atoms with E-state index < -0.39 is 29.0 Å². The van der Waals surface area contributed by atoms with Crippen LogP contribution in [-0.2, 0) is 24.9 Å². The first-order valence-electron chi connectivity index (χ1n) is 10.7. The number of alkyl halides is 3. The molecule has 0 aliphatic carbocycles. The van der Waals surface area contributed by atoms with E-state index in [0.717, 1.165) is 36.0 Å². The van der Waals surface area contributed by atoms with Crippen molar-refractivity contribution >= 4 is 11.8 Å². The van der Waals surface area contributed by atoms with Gasteiger partial charge < -0.3 is 9.52 Å². The van der Waals surface area contributed by atoms with Crippen LogP contribution < -0.4 is 0 Å². The predicted molar refractivity (Wildman–Crippen MR) is 119 cm³/mol. The first-order valence-corrected chi connectivity index (χ1v) is 11.5. The number of nitrogens with zero attached hydrogens (tertiary/aromatic N) is 8. The Labute approximate surface area is 214 Å². The van der Waals surface area contributed by atoms with Gasteiger partial charge in [0.1, 0.15) is 34.9 Å². The number of hydrogen-bond donors (Lipinski definition) is 1. The zero-order valence-electron chi connectivity index (χ0n) is 18.9. The molecule has 3 aromatic heterocycles. The van der Waals surface area contributed by atoms with Crippen LogP contribution in [0.25, 0.3) is 11.5 Å². The van der Waals surface area contributed by atoms with E-state index in [-0.39, 0.29) is 34.8 Å². The Kier molecular flexibility index (Phi) is 6.66. The van der Waals surface area contributed by atoms with Crippen molar-refractivity contribution in [2.75, 3.05) is 0 Å². The van der Waals surface area contributed by atoms with Gasteiger partial charge in [0, 0.05) is 17.2 Å². The fraction of sp³-hybridized carbons (Fsp3) is 0.182. The molecule has 0 saturated heterocycles. The molecule has 0 amide bonds. The zero-order valence-corrected chi connectivity index (χ0v) is 19.7. The van der Waals surface area contributed by atoms with E-state index in [1.165, 1.54) is 40.3 Å². The van der Waals surface area contributed by atoms with E-state index in [4.69, 9.17) is 4.42 Å². The van der Waals surface area contributed by atoms with Crippen LogP contribution in [0, 0.1) is 11.6 Å². The van der Waals surface area contributed by atoms with Gasteiger partial charge in [0.2, 0.25) is 5.89 Å². The van der Waals surface area contributed by atoms with Crippen LogP contribution in [0.4, 0.5) is 22.0 Å². The molecule has 5 aromatic rings. The van der Waals surface area contributed by atoms with Gasteiger partial charge in [0.25, 0.3) is 5.22 Å². The maximum absolute atomic E-state index is 14.6. The van der Waals surface area contributed by atoms with Gasteiger partial charge in [-0.1, -0.05) is 11.3 Å². The average Bonchev–Trinajstić information content (AvgIpc) is 3.62. The Hall–Kier alpha value is -4.18. The fourth-order valence-corrected chi connectivity index (χ4v) is 4.23. The van der Waals surface area contributed by atoms with Gasteiger partial charge in [-0.3, -0.25) is 0 Å². The molecule has 3 heterocycles. The summed E-state index contributed by atoms with van der Waals surface area (Å²) in [6, 6.07) is 7.06. The Bertz CT molecular complexity index is 1540. The second-order valence-corrected chi connectivity index (χ2v) is 9.03. The van der Waals surface area contributed by atoms with Gasteiger partial charge in [-0.05, 0) is 42.1 Å².